The van der Waals surface area contributed by atoms with Crippen LogP contribution in [0.1, 0.15) is 45.7 Å². The molecule has 2 unspecified atom stereocenters. The summed E-state index contributed by atoms with van der Waals surface area (Å²) in [5, 5.41) is 28.0. The molecule has 4 amide bonds. The number of hydrogen-bond donors (Lipinski definition) is 4. The van der Waals surface area contributed by atoms with Gasteiger partial charge in [0.15, 0.2) is 11.6 Å². The zero-order chi connectivity index (χ0) is 45.4. The number of rotatable bonds is 14. The maximum Gasteiger partial charge on any atom is 0.258 e. The van der Waals surface area contributed by atoms with Gasteiger partial charge in [-0.3, -0.25) is 28.8 Å². The van der Waals surface area contributed by atoms with Gasteiger partial charge in [-0.2, -0.15) is 20.5 Å². The average molecular weight is 957 g/mol. The molecule has 4 N–H and O–H groups in total. The van der Waals surface area contributed by atoms with Crippen LogP contribution in [0.5, 0.6) is 0 Å². The molecule has 62 heavy (non-hydrogen) atoms. The van der Waals surface area contributed by atoms with E-state index in [1.807, 2.05) is 0 Å². The standard InChI is InChI=1S/C42H32Cl6N8O6/c1-19-20(2)32(50-42(62)38(22(4)58)56-54-36-16-24(6-10-30(36)48)40(60)52-34-18-26(44)8-12-28(34)46)14-13-31(19)49-41(61)37(21(3)57)55-53-35-15-23(5-9-29(35)47)39(59)51-33-17-25(43)7-11-27(33)45/h5-18,37-38H,1-4H3,(H,49,61)(H,50,62)(H,51,59)(H,52,60). The van der Waals surface area contributed by atoms with Gasteiger partial charge in [-0.25, -0.2) is 0 Å². The summed E-state index contributed by atoms with van der Waals surface area (Å²) < 4.78 is 0. The van der Waals surface area contributed by atoms with Crippen LogP contribution in [0.2, 0.25) is 30.1 Å². The number of amides is 4. The van der Waals surface area contributed by atoms with Crippen molar-refractivity contribution in [2.24, 2.45) is 20.5 Å². The molecule has 0 bridgehead atoms. The van der Waals surface area contributed by atoms with E-state index in [0.29, 0.717) is 21.2 Å². The second-order valence-electron chi connectivity index (χ2n) is 13.3. The molecule has 0 aromatic heterocycles. The Labute approximate surface area is 384 Å². The minimum Gasteiger partial charge on any atom is -0.324 e. The Morgan fingerprint density at radius 1 is 0.452 bits per heavy atom. The van der Waals surface area contributed by atoms with Crippen molar-refractivity contribution >= 4 is 139 Å². The van der Waals surface area contributed by atoms with Crippen molar-refractivity contribution in [1.29, 1.82) is 0 Å². The minimum absolute atomic E-state index is 0.00535. The Kier molecular flexibility index (Phi) is 15.9. The topological polar surface area (TPSA) is 200 Å². The van der Waals surface area contributed by atoms with Gasteiger partial charge in [0.1, 0.15) is 11.4 Å². The van der Waals surface area contributed by atoms with Gasteiger partial charge in [0.05, 0.1) is 31.5 Å². The molecule has 20 heteroatoms. The third kappa shape index (κ3) is 12.0. The van der Waals surface area contributed by atoms with Gasteiger partial charge in [-0.05, 0) is 124 Å². The summed E-state index contributed by atoms with van der Waals surface area (Å²) in [7, 11) is 0. The quantitative estimate of drug-likeness (QED) is 0.0630. The van der Waals surface area contributed by atoms with E-state index in [2.05, 4.69) is 41.7 Å². The average Bonchev–Trinajstić information content (AvgIpc) is 3.21. The van der Waals surface area contributed by atoms with Crippen molar-refractivity contribution in [3.8, 4) is 0 Å². The molecule has 0 fully saturated rings. The molecule has 0 radical (unpaired) electrons. The van der Waals surface area contributed by atoms with Crippen LogP contribution < -0.4 is 21.3 Å². The van der Waals surface area contributed by atoms with Crippen molar-refractivity contribution in [1.82, 2.24) is 0 Å². The number of Topliss-reactive ketones (excluding diaryl/α,β-unsaturated/α-hetero) is 2. The molecule has 0 aliphatic rings. The van der Waals surface area contributed by atoms with Crippen LogP contribution in [0.3, 0.4) is 0 Å². The molecule has 0 aliphatic heterocycles. The first-order valence-corrected chi connectivity index (χ1v) is 20.3. The lowest BCUT2D eigenvalue weighted by Crippen LogP contribution is -2.33. The Balaban J connectivity index is 1.27. The van der Waals surface area contributed by atoms with Gasteiger partial charge in [0.2, 0.25) is 12.1 Å². The molecule has 5 rings (SSSR count). The SMILES string of the molecule is CC(=O)C(N=Nc1cc(C(=O)Nc2cc(Cl)ccc2Cl)ccc1Cl)C(=O)Nc1ccc(NC(=O)C(N=Nc2cc(C(=O)Nc3cc(Cl)ccc3Cl)ccc2Cl)C(C)=O)c(C)c1C. The number of ketones is 2. The number of carbonyl (C=O) groups excluding carboxylic acids is 6. The van der Waals surface area contributed by atoms with E-state index in [1.165, 1.54) is 72.8 Å². The molecular formula is C42H32Cl6N8O6. The van der Waals surface area contributed by atoms with E-state index in [4.69, 9.17) is 69.6 Å². The molecule has 5 aromatic carbocycles. The predicted octanol–water partition coefficient (Wildman–Crippen LogP) is 12.1. The highest BCUT2D eigenvalue weighted by Gasteiger charge is 2.27. The van der Waals surface area contributed by atoms with Gasteiger partial charge in [-0.1, -0.05) is 69.6 Å². The van der Waals surface area contributed by atoms with Crippen molar-refractivity contribution < 1.29 is 28.8 Å². The van der Waals surface area contributed by atoms with E-state index < -0.39 is 47.3 Å². The van der Waals surface area contributed by atoms with E-state index in [9.17, 15) is 28.8 Å². The highest BCUT2D eigenvalue weighted by molar-refractivity contribution is 6.37. The molecule has 0 aliphatic carbocycles. The molecule has 0 heterocycles. The summed E-state index contributed by atoms with van der Waals surface area (Å²) >= 11 is 37.0. The summed E-state index contributed by atoms with van der Waals surface area (Å²) in [4.78, 5) is 77.9. The predicted molar refractivity (Wildman–Crippen MR) is 243 cm³/mol. The lowest BCUT2D eigenvalue weighted by Gasteiger charge is -2.17. The first kappa shape index (κ1) is 47.3. The Morgan fingerprint density at radius 3 is 1.16 bits per heavy atom. The fourth-order valence-electron chi connectivity index (χ4n) is 5.41. The summed E-state index contributed by atoms with van der Waals surface area (Å²) in [5.74, 6) is -4.07. The third-order valence-corrected chi connectivity index (χ3v) is 10.7. The number of azo groups is 2. The van der Waals surface area contributed by atoms with E-state index in [0.717, 1.165) is 13.8 Å². The Hall–Kier alpha value is -5.74. The molecular weight excluding hydrogens is 925 g/mol. The van der Waals surface area contributed by atoms with E-state index >= 15 is 0 Å². The molecule has 5 aromatic rings. The van der Waals surface area contributed by atoms with E-state index in [1.54, 1.807) is 26.0 Å². The number of benzene rings is 5. The maximum absolute atomic E-state index is 13.4. The van der Waals surface area contributed by atoms with Crippen molar-refractivity contribution in [2.45, 2.75) is 39.8 Å². The summed E-state index contributed by atoms with van der Waals surface area (Å²) in [6.07, 6.45) is 0. The van der Waals surface area contributed by atoms with Gasteiger partial charge >= 0.3 is 0 Å². The minimum atomic E-state index is -1.61. The van der Waals surface area contributed by atoms with E-state index in [-0.39, 0.29) is 65.3 Å². The Morgan fingerprint density at radius 2 is 0.806 bits per heavy atom. The largest absolute Gasteiger partial charge is 0.324 e. The van der Waals surface area contributed by atoms with Gasteiger partial charge in [0.25, 0.3) is 23.6 Å². The second kappa shape index (κ2) is 20.9. The number of nitrogens with zero attached hydrogens (tertiary/aromatic N) is 4. The van der Waals surface area contributed by atoms with Gasteiger partial charge in [0, 0.05) is 32.5 Å². The van der Waals surface area contributed by atoms with Crippen LogP contribution in [0.25, 0.3) is 0 Å². The summed E-state index contributed by atoms with van der Waals surface area (Å²) in [6, 6.07) is 17.2. The first-order valence-electron chi connectivity index (χ1n) is 18.0. The number of carbonyl (C=O) groups is 6. The Bertz CT molecular complexity index is 2530. The number of hydrogen-bond acceptors (Lipinski definition) is 10. The van der Waals surface area contributed by atoms with Crippen molar-refractivity contribution in [3.63, 3.8) is 0 Å². The summed E-state index contributed by atoms with van der Waals surface area (Å²) in [5.41, 5.74) is 2.36. The molecule has 2 atom stereocenters. The van der Waals surface area contributed by atoms with Crippen LogP contribution in [-0.4, -0.2) is 47.3 Å². The highest BCUT2D eigenvalue weighted by Crippen LogP contribution is 2.32. The zero-order valence-electron chi connectivity index (χ0n) is 32.7. The van der Waals surface area contributed by atoms with Gasteiger partial charge in [-0.15, -0.1) is 0 Å². The number of halogens is 6. The second-order valence-corrected chi connectivity index (χ2v) is 15.8. The fourth-order valence-corrected chi connectivity index (χ4v) is 6.39. The normalized spacial score (nSPS) is 12.2. The molecule has 0 saturated heterocycles. The van der Waals surface area contributed by atoms with Crippen LogP contribution in [0, 0.1) is 13.8 Å². The molecule has 0 saturated carbocycles. The lowest BCUT2D eigenvalue weighted by molar-refractivity contribution is -0.127. The molecule has 0 spiro atoms. The third-order valence-electron chi connectivity index (χ3n) is 8.90. The number of nitrogens with one attached hydrogen (secondary N) is 4. The van der Waals surface area contributed by atoms with Crippen LogP contribution in [-0.2, 0) is 19.2 Å². The van der Waals surface area contributed by atoms with Crippen LogP contribution >= 0.6 is 69.6 Å². The van der Waals surface area contributed by atoms with Crippen LogP contribution in [0.4, 0.5) is 34.1 Å². The monoisotopic (exact) mass is 954 g/mol. The fraction of sp³-hybridized carbons (Fsp3) is 0.143. The van der Waals surface area contributed by atoms with Crippen molar-refractivity contribution in [2.75, 3.05) is 21.3 Å². The zero-order valence-corrected chi connectivity index (χ0v) is 37.3. The molecule has 318 valence electrons. The van der Waals surface area contributed by atoms with Gasteiger partial charge < -0.3 is 21.3 Å². The number of anilines is 4. The first-order chi connectivity index (χ1) is 29.3. The van der Waals surface area contributed by atoms with Crippen LogP contribution in [0.15, 0.2) is 105 Å². The molecule has 14 nitrogen and oxygen atoms in total. The smallest absolute Gasteiger partial charge is 0.258 e. The highest BCUT2D eigenvalue weighted by atomic mass is 35.5. The van der Waals surface area contributed by atoms with Crippen molar-refractivity contribution in [3.05, 3.63) is 137 Å². The summed E-state index contributed by atoms with van der Waals surface area (Å²) in [6.45, 7) is 5.63. The maximum atomic E-state index is 13.4. The lowest BCUT2D eigenvalue weighted by atomic mass is 10.0.